The number of carbonyl (C=O) groups is 2. The van der Waals surface area contributed by atoms with Gasteiger partial charge in [0.25, 0.3) is 5.78 Å². The Hall–Kier alpha value is -2.55. The molecule has 9 nitrogen and oxygen atoms in total. The smallest absolute Gasteiger partial charge is 0.252 e. The molecule has 30 heavy (non-hydrogen) atoms. The van der Waals surface area contributed by atoms with Crippen LogP contribution in [-0.2, 0) is 20.7 Å². The maximum atomic E-state index is 13.2. The summed E-state index contributed by atoms with van der Waals surface area (Å²) in [4.78, 5) is 38.5. The lowest BCUT2D eigenvalue weighted by Gasteiger charge is -2.34. The van der Waals surface area contributed by atoms with Gasteiger partial charge >= 0.3 is 0 Å². The summed E-state index contributed by atoms with van der Waals surface area (Å²) in [6.07, 6.45) is 3.51. The van der Waals surface area contributed by atoms with Crippen molar-refractivity contribution < 1.29 is 14.3 Å². The molecule has 0 N–H and O–H groups in total. The summed E-state index contributed by atoms with van der Waals surface area (Å²) < 4.78 is 7.95. The monoisotopic (exact) mass is 412 g/mol. The van der Waals surface area contributed by atoms with Crippen molar-refractivity contribution in [1.82, 2.24) is 29.4 Å². The number of carbonyl (C=O) groups excluding carboxylic acids is 2. The highest BCUT2D eigenvalue weighted by Crippen LogP contribution is 2.49. The van der Waals surface area contributed by atoms with Gasteiger partial charge in [-0.25, -0.2) is 9.50 Å². The summed E-state index contributed by atoms with van der Waals surface area (Å²) >= 11 is 0. The van der Waals surface area contributed by atoms with Crippen LogP contribution in [0.2, 0.25) is 0 Å². The lowest BCUT2D eigenvalue weighted by atomic mass is 10.0. The molecule has 2 aromatic rings. The average Bonchev–Trinajstić information content (AvgIpc) is 3.43. The molecule has 5 rings (SSSR count). The van der Waals surface area contributed by atoms with Gasteiger partial charge in [0.2, 0.25) is 11.8 Å². The van der Waals surface area contributed by atoms with E-state index in [4.69, 9.17) is 4.74 Å². The van der Waals surface area contributed by atoms with E-state index in [0.717, 1.165) is 17.0 Å². The first kappa shape index (κ1) is 19.4. The van der Waals surface area contributed by atoms with Crippen LogP contribution in [0.5, 0.6) is 0 Å². The summed E-state index contributed by atoms with van der Waals surface area (Å²) in [6, 6.07) is -0.0808. The standard InChI is InChI=1S/C21H28N6O3/c1-12(2)16-10-30-21-7-8-25(17(21)9-19(29)26(16)21)18(28)6-5-15-13(3)24-20-22-11-23-27(20)14(15)4/h11-12,16-17H,5-10H2,1-4H3/t16-,17+,21-/m0/s1. The second-order valence-electron chi connectivity index (χ2n) is 9.02. The van der Waals surface area contributed by atoms with Crippen LogP contribution in [0.3, 0.4) is 0 Å². The highest BCUT2D eigenvalue weighted by Gasteiger charge is 2.65. The molecule has 3 aliphatic heterocycles. The Morgan fingerprint density at radius 3 is 2.93 bits per heavy atom. The third kappa shape index (κ3) is 2.60. The number of hydrogen-bond donors (Lipinski definition) is 0. The van der Waals surface area contributed by atoms with E-state index in [1.807, 2.05) is 23.6 Å². The molecule has 0 aliphatic carbocycles. The Morgan fingerprint density at radius 1 is 1.37 bits per heavy atom. The van der Waals surface area contributed by atoms with Gasteiger partial charge in [0, 0.05) is 30.8 Å². The highest BCUT2D eigenvalue weighted by atomic mass is 16.5. The van der Waals surface area contributed by atoms with Crippen LogP contribution in [0.4, 0.5) is 0 Å². The Labute approximate surface area is 175 Å². The van der Waals surface area contributed by atoms with E-state index >= 15 is 0 Å². The van der Waals surface area contributed by atoms with Crippen molar-refractivity contribution in [3.8, 4) is 0 Å². The third-order valence-electron chi connectivity index (χ3n) is 7.16. The van der Waals surface area contributed by atoms with Crippen molar-refractivity contribution in [3.05, 3.63) is 23.3 Å². The highest BCUT2D eigenvalue weighted by molar-refractivity contribution is 5.85. The zero-order valence-electron chi connectivity index (χ0n) is 18.0. The Balaban J connectivity index is 1.33. The fourth-order valence-electron chi connectivity index (χ4n) is 5.56. The maximum absolute atomic E-state index is 13.2. The van der Waals surface area contributed by atoms with Crippen LogP contribution in [0.1, 0.15) is 50.1 Å². The minimum Gasteiger partial charge on any atom is -0.351 e. The topological polar surface area (TPSA) is 92.9 Å². The fourth-order valence-corrected chi connectivity index (χ4v) is 5.56. The predicted molar refractivity (Wildman–Crippen MR) is 107 cm³/mol. The molecule has 9 heteroatoms. The molecule has 1 spiro atoms. The van der Waals surface area contributed by atoms with Gasteiger partial charge in [-0.15, -0.1) is 0 Å². The predicted octanol–water partition coefficient (Wildman–Crippen LogP) is 1.26. The van der Waals surface area contributed by atoms with Crippen molar-refractivity contribution >= 4 is 17.6 Å². The van der Waals surface area contributed by atoms with Crippen molar-refractivity contribution in [2.75, 3.05) is 13.2 Å². The zero-order valence-corrected chi connectivity index (χ0v) is 18.0. The van der Waals surface area contributed by atoms with Gasteiger partial charge in [0.05, 0.1) is 25.1 Å². The van der Waals surface area contributed by atoms with Crippen LogP contribution < -0.4 is 0 Å². The Bertz CT molecular complexity index is 1030. The number of nitrogens with zero attached hydrogens (tertiary/aromatic N) is 6. The van der Waals surface area contributed by atoms with Crippen molar-refractivity contribution in [3.63, 3.8) is 0 Å². The molecule has 2 amide bonds. The molecule has 3 aliphatic rings. The molecular weight excluding hydrogens is 384 g/mol. The van der Waals surface area contributed by atoms with Crippen LogP contribution in [0.25, 0.3) is 5.78 Å². The summed E-state index contributed by atoms with van der Waals surface area (Å²) in [5, 5.41) is 4.22. The minimum atomic E-state index is -0.616. The van der Waals surface area contributed by atoms with Gasteiger partial charge in [-0.3, -0.25) is 9.59 Å². The van der Waals surface area contributed by atoms with Gasteiger partial charge in [-0.2, -0.15) is 10.1 Å². The van der Waals surface area contributed by atoms with E-state index in [9.17, 15) is 9.59 Å². The number of fused-ring (bicyclic) bond motifs is 1. The zero-order chi connectivity index (χ0) is 21.2. The molecular formula is C21H28N6O3. The lowest BCUT2D eigenvalue weighted by Crippen LogP contribution is -2.51. The maximum Gasteiger partial charge on any atom is 0.252 e. The van der Waals surface area contributed by atoms with Crippen LogP contribution in [0, 0.1) is 19.8 Å². The minimum absolute atomic E-state index is 0.0700. The van der Waals surface area contributed by atoms with Crippen molar-refractivity contribution in [1.29, 1.82) is 0 Å². The van der Waals surface area contributed by atoms with Crippen molar-refractivity contribution in [2.24, 2.45) is 5.92 Å². The van der Waals surface area contributed by atoms with E-state index in [1.165, 1.54) is 6.33 Å². The molecule has 5 heterocycles. The van der Waals surface area contributed by atoms with Crippen LogP contribution >= 0.6 is 0 Å². The number of aromatic nitrogens is 4. The second-order valence-corrected chi connectivity index (χ2v) is 9.02. The van der Waals surface area contributed by atoms with E-state index in [-0.39, 0.29) is 23.9 Å². The quantitative estimate of drug-likeness (QED) is 0.751. The van der Waals surface area contributed by atoms with Crippen molar-refractivity contribution in [2.45, 2.75) is 71.2 Å². The molecule has 0 radical (unpaired) electrons. The molecule has 0 aromatic carbocycles. The van der Waals surface area contributed by atoms with Gasteiger partial charge in [-0.1, -0.05) is 13.8 Å². The van der Waals surface area contributed by atoms with Crippen LogP contribution in [-0.4, -0.2) is 72.2 Å². The fraction of sp³-hybridized carbons (Fsp3) is 0.667. The molecule has 3 saturated heterocycles. The number of aryl methyl sites for hydroxylation is 2. The number of hydrogen-bond acceptors (Lipinski definition) is 6. The lowest BCUT2D eigenvalue weighted by molar-refractivity contribution is -0.141. The first-order valence-corrected chi connectivity index (χ1v) is 10.7. The summed E-state index contributed by atoms with van der Waals surface area (Å²) in [6.45, 7) is 9.36. The van der Waals surface area contributed by atoms with E-state index in [2.05, 4.69) is 28.9 Å². The molecule has 0 unspecified atom stereocenters. The number of likely N-dealkylation sites (tertiary alicyclic amines) is 1. The first-order chi connectivity index (χ1) is 14.3. The Kier molecular flexibility index (Phi) is 4.36. The third-order valence-corrected chi connectivity index (χ3v) is 7.16. The normalized spacial score (nSPS) is 28.1. The first-order valence-electron chi connectivity index (χ1n) is 10.7. The molecule has 2 aromatic heterocycles. The number of rotatable bonds is 4. The van der Waals surface area contributed by atoms with Gasteiger partial charge < -0.3 is 14.5 Å². The Morgan fingerprint density at radius 2 is 2.17 bits per heavy atom. The van der Waals surface area contributed by atoms with Gasteiger partial charge in [0.15, 0.2) is 5.72 Å². The molecule has 3 atom stereocenters. The summed E-state index contributed by atoms with van der Waals surface area (Å²) in [5.74, 6) is 1.09. The average molecular weight is 412 g/mol. The van der Waals surface area contributed by atoms with E-state index < -0.39 is 5.72 Å². The largest absolute Gasteiger partial charge is 0.351 e. The molecule has 3 fully saturated rings. The number of amides is 2. The summed E-state index contributed by atoms with van der Waals surface area (Å²) in [7, 11) is 0. The molecule has 160 valence electrons. The number of ether oxygens (including phenoxy) is 1. The van der Waals surface area contributed by atoms with E-state index in [1.54, 1.807) is 4.52 Å². The second kappa shape index (κ2) is 6.73. The van der Waals surface area contributed by atoms with Gasteiger partial charge in [-0.05, 0) is 31.7 Å². The molecule has 0 bridgehead atoms. The van der Waals surface area contributed by atoms with E-state index in [0.29, 0.717) is 50.5 Å². The van der Waals surface area contributed by atoms with Crippen LogP contribution in [0.15, 0.2) is 6.33 Å². The SMILES string of the molecule is Cc1nc2ncnn2c(C)c1CCC(=O)N1CC[C@@]23OC[C@@H](C(C)C)N2C(=O)C[C@@H]13. The summed E-state index contributed by atoms with van der Waals surface area (Å²) in [5.41, 5.74) is 2.24. The van der Waals surface area contributed by atoms with Gasteiger partial charge in [0.1, 0.15) is 6.33 Å². The molecule has 0 saturated carbocycles.